The summed E-state index contributed by atoms with van der Waals surface area (Å²) in [4.78, 5) is 0. The van der Waals surface area contributed by atoms with Crippen molar-refractivity contribution >= 4 is 0 Å². The summed E-state index contributed by atoms with van der Waals surface area (Å²) in [5.74, 6) is 1.92. The van der Waals surface area contributed by atoms with E-state index in [1.807, 2.05) is 27.7 Å². The summed E-state index contributed by atoms with van der Waals surface area (Å²) in [5.41, 5.74) is 0. The van der Waals surface area contributed by atoms with Crippen molar-refractivity contribution in [2.24, 2.45) is 11.8 Å². The number of hydrogen-bond acceptors (Lipinski definition) is 1. The molecule has 0 spiro atoms. The molecule has 0 aliphatic carbocycles. The third-order valence-corrected chi connectivity index (χ3v) is 2.61. The molecule has 0 unspecified atom stereocenters. The number of hydrogen-bond donors (Lipinski definition) is 1. The molecule has 1 heteroatoms. The van der Waals surface area contributed by atoms with E-state index in [1.165, 1.54) is 38.8 Å². The summed E-state index contributed by atoms with van der Waals surface area (Å²) in [7, 11) is 0. The van der Waals surface area contributed by atoms with E-state index in [1.54, 1.807) is 0 Å². The molecule has 94 valence electrons. The molecule has 1 nitrogen and oxygen atoms in total. The Balaban J connectivity index is 0. The van der Waals surface area contributed by atoms with Crippen LogP contribution in [0.5, 0.6) is 0 Å². The van der Waals surface area contributed by atoms with E-state index in [-0.39, 0.29) is 0 Å². The molecule has 0 amide bonds. The third-order valence-electron chi connectivity index (χ3n) is 2.61. The highest BCUT2D eigenvalue weighted by Crippen LogP contribution is 2.20. The molecule has 1 heterocycles. The minimum atomic E-state index is 0.893. The second-order valence-electron chi connectivity index (χ2n) is 4.16. The molecule has 0 aromatic heterocycles. The maximum atomic E-state index is 3.40. The van der Waals surface area contributed by atoms with Gasteiger partial charge in [0.2, 0.25) is 0 Å². The van der Waals surface area contributed by atoms with E-state index in [2.05, 4.69) is 19.2 Å². The van der Waals surface area contributed by atoms with E-state index in [9.17, 15) is 0 Å². The van der Waals surface area contributed by atoms with Crippen molar-refractivity contribution in [1.29, 1.82) is 0 Å². The monoisotopic (exact) mass is 215 g/mol. The van der Waals surface area contributed by atoms with Gasteiger partial charge >= 0.3 is 0 Å². The molecular weight excluding hydrogens is 182 g/mol. The highest BCUT2D eigenvalue weighted by Gasteiger charge is 2.12. The van der Waals surface area contributed by atoms with Crippen molar-refractivity contribution < 1.29 is 0 Å². The Hall–Kier alpha value is -0.0400. The van der Waals surface area contributed by atoms with Gasteiger partial charge in [-0.3, -0.25) is 0 Å². The van der Waals surface area contributed by atoms with Crippen LogP contribution in [-0.4, -0.2) is 13.1 Å². The fourth-order valence-electron chi connectivity index (χ4n) is 1.74. The highest BCUT2D eigenvalue weighted by molar-refractivity contribution is 4.68. The summed E-state index contributed by atoms with van der Waals surface area (Å²) in [6.45, 7) is 15.1. The van der Waals surface area contributed by atoms with Gasteiger partial charge in [-0.2, -0.15) is 0 Å². The smallest absolute Gasteiger partial charge is 0.00463 e. The number of nitrogens with one attached hydrogen (secondary N) is 1. The molecule has 0 radical (unpaired) electrons. The lowest BCUT2D eigenvalue weighted by atomic mass is 9.90. The maximum absolute atomic E-state index is 3.40. The zero-order chi connectivity index (χ0) is 12.1. The molecule has 1 rings (SSSR count). The van der Waals surface area contributed by atoms with Crippen molar-refractivity contribution in [3.63, 3.8) is 0 Å². The zero-order valence-corrected chi connectivity index (χ0v) is 11.9. The van der Waals surface area contributed by atoms with Gasteiger partial charge in [0.05, 0.1) is 0 Å². The maximum Gasteiger partial charge on any atom is -0.00463 e. The second kappa shape index (κ2) is 14.0. The minimum Gasteiger partial charge on any atom is -0.317 e. The van der Waals surface area contributed by atoms with Gasteiger partial charge in [-0.25, -0.2) is 0 Å². The van der Waals surface area contributed by atoms with Crippen LogP contribution in [0.2, 0.25) is 0 Å². The largest absolute Gasteiger partial charge is 0.317 e. The normalized spacial score (nSPS) is 16.2. The summed E-state index contributed by atoms with van der Waals surface area (Å²) in [5, 5.41) is 3.40. The first kappa shape index (κ1) is 17.4. The van der Waals surface area contributed by atoms with E-state index < -0.39 is 0 Å². The molecular formula is C14H33N. The lowest BCUT2D eigenvalue weighted by Crippen LogP contribution is -2.27. The van der Waals surface area contributed by atoms with Crippen LogP contribution in [0.4, 0.5) is 0 Å². The average molecular weight is 215 g/mol. The Kier molecular flexibility index (Phi) is 16.2. The van der Waals surface area contributed by atoms with Crippen LogP contribution in [0.15, 0.2) is 0 Å². The van der Waals surface area contributed by atoms with E-state index >= 15 is 0 Å². The molecule has 1 aliphatic heterocycles. The molecule has 15 heavy (non-hydrogen) atoms. The molecule has 0 bridgehead atoms. The standard InChI is InChI=1S/C10H21N.2C2H6/c1-9(2)3-4-10-5-7-11-8-6-10;2*1-2/h9-11H,3-8H2,1-2H3;2*1-2H3. The average Bonchev–Trinajstić information content (AvgIpc) is 2.33. The molecule has 1 N–H and O–H groups in total. The third kappa shape index (κ3) is 11.9. The van der Waals surface area contributed by atoms with Crippen LogP contribution in [0.1, 0.15) is 67.2 Å². The topological polar surface area (TPSA) is 12.0 Å². The molecule has 1 fully saturated rings. The Bertz CT molecular complexity index is 93.5. The van der Waals surface area contributed by atoms with E-state index in [4.69, 9.17) is 0 Å². The SMILES string of the molecule is CC.CC.CC(C)CCC1CCNCC1. The first-order chi connectivity index (χ1) is 7.29. The van der Waals surface area contributed by atoms with Gasteiger partial charge < -0.3 is 5.32 Å². The van der Waals surface area contributed by atoms with Crippen LogP contribution >= 0.6 is 0 Å². The van der Waals surface area contributed by atoms with Crippen molar-refractivity contribution in [2.45, 2.75) is 67.2 Å². The minimum absolute atomic E-state index is 0.893. The van der Waals surface area contributed by atoms with Gasteiger partial charge in [-0.15, -0.1) is 0 Å². The van der Waals surface area contributed by atoms with Gasteiger partial charge in [-0.1, -0.05) is 54.4 Å². The van der Waals surface area contributed by atoms with Crippen molar-refractivity contribution in [2.75, 3.05) is 13.1 Å². The first-order valence-electron chi connectivity index (χ1n) is 6.99. The van der Waals surface area contributed by atoms with Gasteiger partial charge in [0.25, 0.3) is 0 Å². The number of rotatable bonds is 3. The molecule has 0 saturated carbocycles. The van der Waals surface area contributed by atoms with E-state index in [0.717, 1.165) is 11.8 Å². The fourth-order valence-corrected chi connectivity index (χ4v) is 1.74. The van der Waals surface area contributed by atoms with Crippen molar-refractivity contribution in [1.82, 2.24) is 5.32 Å². The van der Waals surface area contributed by atoms with Gasteiger partial charge in [-0.05, 0) is 37.8 Å². The molecule has 1 saturated heterocycles. The first-order valence-corrected chi connectivity index (χ1v) is 6.99. The Labute approximate surface area is 98.0 Å². The van der Waals surface area contributed by atoms with Crippen LogP contribution < -0.4 is 5.32 Å². The number of piperidine rings is 1. The fraction of sp³-hybridized carbons (Fsp3) is 1.00. The second-order valence-corrected chi connectivity index (χ2v) is 4.16. The van der Waals surface area contributed by atoms with Crippen LogP contribution in [0.25, 0.3) is 0 Å². The predicted molar refractivity (Wildman–Crippen MR) is 72.4 cm³/mol. The van der Waals surface area contributed by atoms with Gasteiger partial charge in [0.15, 0.2) is 0 Å². The molecule has 0 atom stereocenters. The van der Waals surface area contributed by atoms with Gasteiger partial charge in [0, 0.05) is 0 Å². The molecule has 1 aliphatic rings. The van der Waals surface area contributed by atoms with Crippen LogP contribution in [-0.2, 0) is 0 Å². The highest BCUT2D eigenvalue weighted by atomic mass is 14.9. The Morgan fingerprint density at radius 2 is 1.47 bits per heavy atom. The summed E-state index contributed by atoms with van der Waals surface area (Å²) in [6, 6.07) is 0. The molecule has 0 aromatic rings. The zero-order valence-electron chi connectivity index (χ0n) is 11.9. The van der Waals surface area contributed by atoms with E-state index in [0.29, 0.717) is 0 Å². The lowest BCUT2D eigenvalue weighted by molar-refractivity contribution is 0.330. The Morgan fingerprint density at radius 3 is 1.87 bits per heavy atom. The van der Waals surface area contributed by atoms with Gasteiger partial charge in [0.1, 0.15) is 0 Å². The molecule has 0 aromatic carbocycles. The summed E-state index contributed by atoms with van der Waals surface area (Å²) < 4.78 is 0. The summed E-state index contributed by atoms with van der Waals surface area (Å²) >= 11 is 0. The lowest BCUT2D eigenvalue weighted by Gasteiger charge is -2.22. The summed E-state index contributed by atoms with van der Waals surface area (Å²) in [6.07, 6.45) is 5.70. The van der Waals surface area contributed by atoms with Crippen molar-refractivity contribution in [3.8, 4) is 0 Å². The quantitative estimate of drug-likeness (QED) is 0.732. The van der Waals surface area contributed by atoms with Crippen LogP contribution in [0.3, 0.4) is 0 Å². The van der Waals surface area contributed by atoms with Crippen LogP contribution in [0, 0.1) is 11.8 Å². The Morgan fingerprint density at radius 1 is 1.00 bits per heavy atom. The van der Waals surface area contributed by atoms with Crippen molar-refractivity contribution in [3.05, 3.63) is 0 Å². The predicted octanol–water partition coefficient (Wildman–Crippen LogP) is 4.47.